The number of hydrogen-bond donors (Lipinski definition) is 1. The van der Waals surface area contributed by atoms with Crippen molar-refractivity contribution < 1.29 is 28.1 Å². The van der Waals surface area contributed by atoms with Gasteiger partial charge in [0.15, 0.2) is 0 Å². The van der Waals surface area contributed by atoms with Crippen LogP contribution >= 0.6 is 7.82 Å². The third-order valence-corrected chi connectivity index (χ3v) is 3.25. The van der Waals surface area contributed by atoms with Gasteiger partial charge in [-0.3, -0.25) is 9.05 Å². The number of carbonyl (C=O) groups is 1. The summed E-state index contributed by atoms with van der Waals surface area (Å²) in [4.78, 5) is 9.60. The van der Waals surface area contributed by atoms with Crippen molar-refractivity contribution in [3.05, 3.63) is 12.2 Å². The molecule has 0 spiro atoms. The summed E-state index contributed by atoms with van der Waals surface area (Å²) in [7, 11) is -2.06. The van der Waals surface area contributed by atoms with Gasteiger partial charge < -0.3 is 5.11 Å². The second kappa shape index (κ2) is 11.1. The molecule has 0 fully saturated rings. The second-order valence-electron chi connectivity index (χ2n) is 3.33. The smallest absolute Gasteiger partial charge is 0.478 e. The predicted octanol–water partition coefficient (Wildman–Crippen LogP) is 2.70. The van der Waals surface area contributed by atoms with E-state index < -0.39 is 13.8 Å². The van der Waals surface area contributed by atoms with Crippen LogP contribution in [0.25, 0.3) is 0 Å². The largest absolute Gasteiger partial charge is 0.491 e. The highest BCUT2D eigenvalue weighted by atomic mass is 31.2. The minimum Gasteiger partial charge on any atom is -0.478 e. The number of hydrogen-bond acceptors (Lipinski definition) is 6. The molecule has 0 rings (SSSR count). The van der Waals surface area contributed by atoms with Gasteiger partial charge in [0, 0.05) is 25.8 Å². The van der Waals surface area contributed by atoms with Crippen LogP contribution in [0.3, 0.4) is 0 Å². The summed E-state index contributed by atoms with van der Waals surface area (Å²) in [6.07, 6.45) is 0. The van der Waals surface area contributed by atoms with Crippen LogP contribution < -0.4 is 0 Å². The molecule has 0 aliphatic carbocycles. The highest BCUT2D eigenvalue weighted by Crippen LogP contribution is 2.49. The number of phosphoric ester groups is 1. The van der Waals surface area contributed by atoms with Crippen molar-refractivity contribution in [2.24, 2.45) is 0 Å². The molecule has 114 valence electrons. The Morgan fingerprint density at radius 1 is 1.32 bits per heavy atom. The lowest BCUT2D eigenvalue weighted by Gasteiger charge is -2.22. The minimum atomic E-state index is -3.36. The molecule has 1 N–H and O–H groups in total. The fourth-order valence-corrected chi connectivity index (χ4v) is 1.80. The summed E-state index contributed by atoms with van der Waals surface area (Å²) >= 11 is 0. The predicted molar refractivity (Wildman–Crippen MR) is 72.7 cm³/mol. The average Bonchev–Trinajstić information content (AvgIpc) is 2.37. The van der Waals surface area contributed by atoms with Crippen molar-refractivity contribution in [2.75, 3.05) is 26.8 Å². The van der Waals surface area contributed by atoms with Crippen molar-refractivity contribution in [1.82, 2.24) is 5.06 Å². The molecule has 0 bridgehead atoms. The van der Waals surface area contributed by atoms with E-state index in [-0.39, 0.29) is 5.57 Å². The molecule has 0 aliphatic rings. The SMILES string of the molecule is C=C(C)C(=O)O.CCOP(=O)(OC)ON(CC)CC. The highest BCUT2D eigenvalue weighted by molar-refractivity contribution is 7.48. The van der Waals surface area contributed by atoms with Gasteiger partial charge in [0.2, 0.25) is 0 Å². The molecule has 0 aromatic rings. The van der Waals surface area contributed by atoms with Gasteiger partial charge in [0.05, 0.1) is 6.61 Å². The van der Waals surface area contributed by atoms with E-state index in [1.54, 1.807) is 6.92 Å². The molecule has 0 saturated heterocycles. The molecular formula is C11H24NO6P. The average molecular weight is 297 g/mol. The van der Waals surface area contributed by atoms with Crippen molar-refractivity contribution in [3.8, 4) is 0 Å². The minimum absolute atomic E-state index is 0.176. The molecule has 0 aromatic heterocycles. The van der Waals surface area contributed by atoms with Crippen LogP contribution in [0.15, 0.2) is 12.2 Å². The summed E-state index contributed by atoms with van der Waals surface area (Å²) in [5, 5.41) is 9.42. The Labute approximate surface area is 114 Å². The van der Waals surface area contributed by atoms with E-state index in [0.717, 1.165) is 0 Å². The van der Waals surface area contributed by atoms with Crippen molar-refractivity contribution >= 4 is 13.8 Å². The van der Waals surface area contributed by atoms with E-state index in [1.807, 2.05) is 13.8 Å². The lowest BCUT2D eigenvalue weighted by Crippen LogP contribution is -2.22. The highest BCUT2D eigenvalue weighted by Gasteiger charge is 2.27. The first-order valence-electron chi connectivity index (χ1n) is 5.89. The van der Waals surface area contributed by atoms with Crippen molar-refractivity contribution in [1.29, 1.82) is 0 Å². The number of carboxylic acid groups (broad SMARTS) is 1. The van der Waals surface area contributed by atoms with E-state index in [4.69, 9.17) is 14.3 Å². The van der Waals surface area contributed by atoms with Crippen LogP contribution in [0.4, 0.5) is 0 Å². The number of nitrogens with zero attached hydrogens (tertiary/aromatic N) is 1. The third kappa shape index (κ3) is 10.9. The van der Waals surface area contributed by atoms with Gasteiger partial charge in [0.25, 0.3) is 0 Å². The molecule has 0 aromatic carbocycles. The zero-order chi connectivity index (χ0) is 15.5. The third-order valence-electron chi connectivity index (χ3n) is 1.80. The monoisotopic (exact) mass is 297 g/mol. The molecule has 0 saturated carbocycles. The van der Waals surface area contributed by atoms with Gasteiger partial charge in [-0.2, -0.15) is 9.69 Å². The molecule has 8 heteroatoms. The van der Waals surface area contributed by atoms with Crippen LogP contribution in [0.5, 0.6) is 0 Å². The van der Waals surface area contributed by atoms with Gasteiger partial charge >= 0.3 is 13.8 Å². The molecular weight excluding hydrogens is 273 g/mol. The maximum absolute atomic E-state index is 11.6. The Balaban J connectivity index is 0. The number of aliphatic carboxylic acids is 1. The molecule has 1 unspecified atom stereocenters. The number of rotatable bonds is 8. The Morgan fingerprint density at radius 3 is 1.95 bits per heavy atom. The van der Waals surface area contributed by atoms with Gasteiger partial charge in [0.1, 0.15) is 0 Å². The van der Waals surface area contributed by atoms with Gasteiger partial charge in [-0.05, 0) is 13.8 Å². The first-order chi connectivity index (χ1) is 8.76. The van der Waals surface area contributed by atoms with Crippen LogP contribution in [0.1, 0.15) is 27.7 Å². The number of phosphoric acid groups is 1. The van der Waals surface area contributed by atoms with Crippen molar-refractivity contribution in [2.45, 2.75) is 27.7 Å². The fraction of sp³-hybridized carbons (Fsp3) is 0.727. The zero-order valence-corrected chi connectivity index (χ0v) is 13.1. The Bertz CT molecular complexity index is 304. The number of hydroxylamine groups is 2. The summed E-state index contributed by atoms with van der Waals surface area (Å²) in [6.45, 7) is 11.7. The van der Waals surface area contributed by atoms with E-state index in [9.17, 15) is 9.36 Å². The quantitative estimate of drug-likeness (QED) is 0.419. The first kappa shape index (κ1) is 20.6. The molecule has 0 radical (unpaired) electrons. The van der Waals surface area contributed by atoms with Crippen LogP contribution in [0.2, 0.25) is 0 Å². The lowest BCUT2D eigenvalue weighted by molar-refractivity contribution is -0.132. The summed E-state index contributed by atoms with van der Waals surface area (Å²) in [5.41, 5.74) is 0.176. The molecule has 0 aliphatic heterocycles. The van der Waals surface area contributed by atoms with Gasteiger partial charge in [-0.15, -0.1) is 0 Å². The Morgan fingerprint density at radius 2 is 1.74 bits per heavy atom. The van der Waals surface area contributed by atoms with E-state index in [0.29, 0.717) is 19.7 Å². The van der Waals surface area contributed by atoms with Crippen LogP contribution in [-0.2, 0) is 23.0 Å². The molecule has 1 atom stereocenters. The molecule has 0 heterocycles. The van der Waals surface area contributed by atoms with Gasteiger partial charge in [-0.25, -0.2) is 9.36 Å². The van der Waals surface area contributed by atoms with E-state index in [2.05, 4.69) is 11.1 Å². The van der Waals surface area contributed by atoms with Gasteiger partial charge in [-0.1, -0.05) is 20.4 Å². The van der Waals surface area contributed by atoms with E-state index in [1.165, 1.54) is 19.1 Å². The molecule has 19 heavy (non-hydrogen) atoms. The molecule has 7 nitrogen and oxygen atoms in total. The fourth-order valence-electron chi connectivity index (χ4n) is 0.748. The van der Waals surface area contributed by atoms with Crippen molar-refractivity contribution in [3.63, 3.8) is 0 Å². The molecule has 0 amide bonds. The Kier molecular flexibility index (Phi) is 12.1. The Hall–Kier alpha value is -0.720. The van der Waals surface area contributed by atoms with Crippen LogP contribution in [0, 0.1) is 0 Å². The maximum atomic E-state index is 11.6. The summed E-state index contributed by atoms with van der Waals surface area (Å²) in [6, 6.07) is 0. The summed E-state index contributed by atoms with van der Waals surface area (Å²) < 4.78 is 26.2. The van der Waals surface area contributed by atoms with E-state index >= 15 is 0 Å². The lowest BCUT2D eigenvalue weighted by atomic mass is 10.4. The first-order valence-corrected chi connectivity index (χ1v) is 7.36. The normalized spacial score (nSPS) is 13.4. The standard InChI is InChI=1S/C7H18NO4P.C4H6O2/c1-5-8(6-2)12-13(9,10-4)11-7-3;1-3(2)4(5)6/h5-7H2,1-4H3;1H2,2H3,(H,5,6). The second-order valence-corrected chi connectivity index (χ2v) is 5.01. The topological polar surface area (TPSA) is 85.3 Å². The number of carboxylic acids is 1. The summed E-state index contributed by atoms with van der Waals surface area (Å²) in [5.74, 6) is -0.935. The van der Waals surface area contributed by atoms with Crippen LogP contribution in [-0.4, -0.2) is 42.9 Å². The maximum Gasteiger partial charge on any atom is 0.491 e. The zero-order valence-electron chi connectivity index (χ0n) is 12.2.